The molecule has 8 aromatic rings. The molecule has 0 N–H and O–H groups in total. The van der Waals surface area contributed by atoms with Gasteiger partial charge in [-0.25, -0.2) is 0 Å². The predicted octanol–water partition coefficient (Wildman–Crippen LogP) is 6.23. The first-order valence-electron chi connectivity index (χ1n) is 10.1. The van der Waals surface area contributed by atoms with Crippen molar-refractivity contribution in [2.75, 3.05) is 0 Å². The third-order valence-corrected chi connectivity index (χ3v) is 7.00. The second kappa shape index (κ2) is 4.58. The predicted molar refractivity (Wildman–Crippen MR) is 126 cm³/mol. The maximum atomic E-state index is 13.1. The van der Waals surface area contributed by atoms with Gasteiger partial charge in [-0.05, 0) is 67.4 Å². The van der Waals surface area contributed by atoms with Gasteiger partial charge in [-0.15, -0.1) is 0 Å². The lowest BCUT2D eigenvalue weighted by molar-refractivity contribution is 1.68. The molecule has 2 heteroatoms. The average molecular weight is 380 g/mol. The molecule has 0 spiro atoms. The minimum Gasteiger partial charge on any atom is -0.289 e. The topological polar surface area (TPSA) is 34.1 Å². The smallest absolute Gasteiger partial charge is 0.187 e. The molecule has 0 aromatic heterocycles. The number of rotatable bonds is 0. The van der Waals surface area contributed by atoms with Crippen molar-refractivity contribution < 1.29 is 0 Å². The Morgan fingerprint density at radius 1 is 0.367 bits per heavy atom. The maximum Gasteiger partial charge on any atom is 0.187 e. The van der Waals surface area contributed by atoms with Gasteiger partial charge in [0.05, 0.1) is 0 Å². The molecule has 2 nitrogen and oxygen atoms in total. The summed E-state index contributed by atoms with van der Waals surface area (Å²) in [7, 11) is 0. The number of hydrogen-bond donors (Lipinski definition) is 0. The van der Waals surface area contributed by atoms with E-state index in [-0.39, 0.29) is 10.9 Å². The van der Waals surface area contributed by atoms with Crippen molar-refractivity contribution >= 4 is 75.4 Å². The molecule has 136 valence electrons. The second-order valence-corrected chi connectivity index (χ2v) is 8.38. The lowest BCUT2D eigenvalue weighted by Gasteiger charge is -2.21. The van der Waals surface area contributed by atoms with Gasteiger partial charge in [0.2, 0.25) is 0 Å². The molecule has 0 bridgehead atoms. The SMILES string of the molecule is O=c1ccc2cc3cccc4c5cccc6cc7ccc(=O)c8c1c2c(c34)c(c65)c78. The van der Waals surface area contributed by atoms with E-state index in [1.807, 2.05) is 12.1 Å². The number of fused-ring (bicyclic) bond motifs is 2. The number of hydrogen-bond acceptors (Lipinski definition) is 2. The van der Waals surface area contributed by atoms with Gasteiger partial charge in [-0.2, -0.15) is 0 Å². The van der Waals surface area contributed by atoms with Crippen molar-refractivity contribution in [1.29, 1.82) is 0 Å². The maximum absolute atomic E-state index is 13.1. The van der Waals surface area contributed by atoms with Crippen LogP contribution in [0.15, 0.2) is 82.4 Å². The Labute approximate surface area is 168 Å². The van der Waals surface area contributed by atoms with Gasteiger partial charge in [0.1, 0.15) is 0 Å². The molecule has 0 radical (unpaired) electrons. The summed E-state index contributed by atoms with van der Waals surface area (Å²) in [4.78, 5) is 26.2. The Kier molecular flexibility index (Phi) is 2.27. The molecule has 0 heterocycles. The summed E-state index contributed by atoms with van der Waals surface area (Å²) in [5.74, 6) is 0. The lowest BCUT2D eigenvalue weighted by atomic mass is 9.80. The van der Waals surface area contributed by atoms with E-state index in [9.17, 15) is 9.59 Å². The Morgan fingerprint density at radius 2 is 0.800 bits per heavy atom. The van der Waals surface area contributed by atoms with E-state index in [1.54, 1.807) is 12.1 Å². The average Bonchev–Trinajstić information content (AvgIpc) is 2.77. The molecule has 0 unspecified atom stereocenters. The normalized spacial score (nSPS) is 12.9. The van der Waals surface area contributed by atoms with Crippen molar-refractivity contribution in [2.45, 2.75) is 0 Å². The van der Waals surface area contributed by atoms with E-state index < -0.39 is 0 Å². The zero-order valence-corrected chi connectivity index (χ0v) is 15.7. The second-order valence-electron chi connectivity index (χ2n) is 8.38. The molecular formula is C28H12O2. The largest absolute Gasteiger partial charge is 0.289 e. The van der Waals surface area contributed by atoms with Crippen molar-refractivity contribution in [2.24, 2.45) is 0 Å². The van der Waals surface area contributed by atoms with Crippen molar-refractivity contribution in [3.05, 3.63) is 93.2 Å². The van der Waals surface area contributed by atoms with Crippen LogP contribution < -0.4 is 10.9 Å². The first-order chi connectivity index (χ1) is 14.7. The molecule has 0 aliphatic rings. The first kappa shape index (κ1) is 14.9. The quantitative estimate of drug-likeness (QED) is 0.231. The Bertz CT molecular complexity index is 1930. The van der Waals surface area contributed by atoms with Crippen molar-refractivity contribution in [3.63, 3.8) is 0 Å². The Hall–Kier alpha value is -4.04. The highest BCUT2D eigenvalue weighted by Crippen LogP contribution is 2.49. The van der Waals surface area contributed by atoms with Gasteiger partial charge in [-0.3, -0.25) is 9.59 Å². The fourth-order valence-electron chi connectivity index (χ4n) is 5.95. The molecule has 0 aliphatic carbocycles. The minimum atomic E-state index is -0.0789. The van der Waals surface area contributed by atoms with Gasteiger partial charge in [0.15, 0.2) is 10.9 Å². The van der Waals surface area contributed by atoms with E-state index in [0.717, 1.165) is 32.3 Å². The molecule has 30 heavy (non-hydrogen) atoms. The van der Waals surface area contributed by atoms with Gasteiger partial charge in [-0.1, -0.05) is 48.5 Å². The zero-order valence-electron chi connectivity index (χ0n) is 15.7. The summed E-state index contributed by atoms with van der Waals surface area (Å²) in [6, 6.07) is 24.2. The third-order valence-electron chi connectivity index (χ3n) is 7.00. The van der Waals surface area contributed by atoms with Crippen LogP contribution in [0.2, 0.25) is 0 Å². The van der Waals surface area contributed by atoms with E-state index >= 15 is 0 Å². The zero-order chi connectivity index (χ0) is 19.7. The molecule has 0 saturated heterocycles. The minimum absolute atomic E-state index is 0.0789. The molecular weight excluding hydrogens is 368 g/mol. The van der Waals surface area contributed by atoms with Crippen LogP contribution in [0.1, 0.15) is 0 Å². The molecule has 0 fully saturated rings. The lowest BCUT2D eigenvalue weighted by Crippen LogP contribution is -2.09. The standard InChI is InChI=1S/C28H12O2/c29-19-9-7-15-11-13-3-1-5-17-18-6-2-4-14-12-16-8-10-20(30)26-24(16)28(22(14)18)27(21(13)17)23(15)25(19)26/h1-12H. The third kappa shape index (κ3) is 1.43. The van der Waals surface area contributed by atoms with E-state index in [1.165, 1.54) is 32.3 Å². The van der Waals surface area contributed by atoms with Crippen LogP contribution in [-0.2, 0) is 0 Å². The van der Waals surface area contributed by atoms with Gasteiger partial charge < -0.3 is 0 Å². The molecule has 8 aromatic carbocycles. The monoisotopic (exact) mass is 380 g/mol. The fourth-order valence-corrected chi connectivity index (χ4v) is 5.95. The van der Waals surface area contributed by atoms with Crippen LogP contribution in [0.25, 0.3) is 75.4 Å². The summed E-state index contributed by atoms with van der Waals surface area (Å²) in [5, 5.41) is 14.4. The van der Waals surface area contributed by atoms with Crippen LogP contribution in [0.5, 0.6) is 0 Å². The van der Waals surface area contributed by atoms with Crippen molar-refractivity contribution in [3.8, 4) is 0 Å². The molecule has 0 atom stereocenters. The summed E-state index contributed by atoms with van der Waals surface area (Å²) >= 11 is 0. The molecule has 0 aliphatic heterocycles. The molecule has 0 saturated carbocycles. The highest BCUT2D eigenvalue weighted by atomic mass is 16.1. The summed E-state index contributed by atoms with van der Waals surface area (Å²) in [6.45, 7) is 0. The van der Waals surface area contributed by atoms with Gasteiger partial charge >= 0.3 is 0 Å². The Balaban J connectivity index is 2.02. The van der Waals surface area contributed by atoms with Crippen LogP contribution in [0.3, 0.4) is 0 Å². The van der Waals surface area contributed by atoms with Crippen LogP contribution >= 0.6 is 0 Å². The Morgan fingerprint density at radius 3 is 1.27 bits per heavy atom. The van der Waals surface area contributed by atoms with E-state index in [2.05, 4.69) is 48.5 Å². The first-order valence-corrected chi connectivity index (χ1v) is 10.1. The van der Waals surface area contributed by atoms with E-state index in [0.29, 0.717) is 10.8 Å². The summed E-state index contributed by atoms with van der Waals surface area (Å²) < 4.78 is 0. The van der Waals surface area contributed by atoms with Gasteiger partial charge in [0.25, 0.3) is 0 Å². The summed E-state index contributed by atoms with van der Waals surface area (Å²) in [5.41, 5.74) is -0.158. The molecule has 0 amide bonds. The van der Waals surface area contributed by atoms with E-state index in [4.69, 9.17) is 0 Å². The van der Waals surface area contributed by atoms with Gasteiger partial charge in [0, 0.05) is 32.3 Å². The molecule has 8 rings (SSSR count). The fraction of sp³-hybridized carbons (Fsp3) is 0. The highest BCUT2D eigenvalue weighted by molar-refractivity contribution is 6.48. The van der Waals surface area contributed by atoms with Crippen LogP contribution in [-0.4, -0.2) is 0 Å². The van der Waals surface area contributed by atoms with Crippen LogP contribution in [0, 0.1) is 0 Å². The highest BCUT2D eigenvalue weighted by Gasteiger charge is 2.24. The van der Waals surface area contributed by atoms with Crippen LogP contribution in [0.4, 0.5) is 0 Å². The number of benzene rings is 8. The summed E-state index contributed by atoms with van der Waals surface area (Å²) in [6.07, 6.45) is 0. The van der Waals surface area contributed by atoms with Crippen molar-refractivity contribution in [1.82, 2.24) is 0 Å².